The van der Waals surface area contributed by atoms with Gasteiger partial charge in [0.15, 0.2) is 10.3 Å². The number of nitrogens with zero attached hydrogens (tertiary/aromatic N) is 2. The predicted octanol–water partition coefficient (Wildman–Crippen LogP) is 3.85. The number of carbonyl (C=O) groups is 1. The Hall–Kier alpha value is -1.63. The number of hydrogen-bond donors (Lipinski definition) is 1. The average Bonchev–Trinajstić information content (AvgIpc) is 3.02. The minimum absolute atomic E-state index is 0.171. The largest absolute Gasteiger partial charge is 0.278 e. The van der Waals surface area contributed by atoms with Crippen LogP contribution in [0.2, 0.25) is 5.02 Å². The van der Waals surface area contributed by atoms with Gasteiger partial charge >= 0.3 is 0 Å². The van der Waals surface area contributed by atoms with Gasteiger partial charge in [-0.2, -0.15) is 0 Å². The van der Waals surface area contributed by atoms with E-state index in [2.05, 4.69) is 4.98 Å². The molecule has 2 heterocycles. The highest BCUT2D eigenvalue weighted by Crippen LogP contribution is 2.35. The third-order valence-electron chi connectivity index (χ3n) is 2.60. The monoisotopic (exact) mass is 321 g/mol. The number of aromatic nitrogens is 1. The van der Waals surface area contributed by atoms with Gasteiger partial charge in [0.25, 0.3) is 5.91 Å². The summed E-state index contributed by atoms with van der Waals surface area (Å²) in [4.78, 5) is 18.2. The van der Waals surface area contributed by atoms with Gasteiger partial charge in [-0.25, -0.2) is 9.88 Å². The van der Waals surface area contributed by atoms with Crippen LogP contribution in [0.15, 0.2) is 40.7 Å². The molecule has 1 aliphatic rings. The van der Waals surface area contributed by atoms with Gasteiger partial charge in [-0.1, -0.05) is 23.7 Å². The molecule has 7 heteroatoms. The number of hydrogen-bond acceptors (Lipinski definition) is 5. The van der Waals surface area contributed by atoms with Crippen LogP contribution in [0.25, 0.3) is 6.08 Å². The van der Waals surface area contributed by atoms with Gasteiger partial charge in [0.1, 0.15) is 0 Å². The molecule has 2 aromatic rings. The second-order valence-electron chi connectivity index (χ2n) is 3.92. The molecule has 0 atom stereocenters. The summed E-state index contributed by atoms with van der Waals surface area (Å²) >= 11 is 8.30. The van der Waals surface area contributed by atoms with Gasteiger partial charge in [-0.3, -0.25) is 10.2 Å². The van der Waals surface area contributed by atoms with Crippen LogP contribution in [0.5, 0.6) is 0 Å². The fourth-order valence-corrected chi connectivity index (χ4v) is 3.37. The number of amidine groups is 1. The van der Waals surface area contributed by atoms with E-state index in [-0.39, 0.29) is 11.1 Å². The SMILES string of the molecule is N=C1SC(=Cc2ccc(Cl)cc2)C(=O)N1c1nccs1. The minimum atomic E-state index is -0.218. The molecular formula is C13H8ClN3OS2. The average molecular weight is 322 g/mol. The molecule has 4 nitrogen and oxygen atoms in total. The summed E-state index contributed by atoms with van der Waals surface area (Å²) in [7, 11) is 0. The molecule has 100 valence electrons. The number of amides is 1. The summed E-state index contributed by atoms with van der Waals surface area (Å²) in [6.45, 7) is 0. The van der Waals surface area contributed by atoms with Crippen molar-refractivity contribution in [1.82, 2.24) is 4.98 Å². The van der Waals surface area contributed by atoms with E-state index in [1.165, 1.54) is 16.2 Å². The van der Waals surface area contributed by atoms with E-state index in [4.69, 9.17) is 17.0 Å². The fourth-order valence-electron chi connectivity index (χ4n) is 1.70. The van der Waals surface area contributed by atoms with E-state index in [0.29, 0.717) is 15.1 Å². The number of thioether (sulfide) groups is 1. The second kappa shape index (κ2) is 5.40. The molecule has 0 saturated carbocycles. The van der Waals surface area contributed by atoms with E-state index in [1.54, 1.807) is 29.8 Å². The quantitative estimate of drug-likeness (QED) is 0.855. The first-order chi connectivity index (χ1) is 9.65. The molecule has 0 radical (unpaired) electrons. The van der Waals surface area contributed by atoms with Crippen molar-refractivity contribution in [2.75, 3.05) is 4.90 Å². The Morgan fingerprint density at radius 1 is 1.30 bits per heavy atom. The van der Waals surface area contributed by atoms with Crippen molar-refractivity contribution >= 4 is 57.0 Å². The fraction of sp³-hybridized carbons (Fsp3) is 0. The van der Waals surface area contributed by atoms with Crippen LogP contribution in [0, 0.1) is 5.41 Å². The molecule has 0 unspecified atom stereocenters. The standard InChI is InChI=1S/C13H8ClN3OS2/c14-9-3-1-8(2-4-9)7-10-11(18)17(12(15)20-10)13-16-5-6-19-13/h1-7,15H. The smallest absolute Gasteiger partial charge is 0.273 e. The first-order valence-corrected chi connectivity index (χ1v) is 7.70. The van der Waals surface area contributed by atoms with Crippen molar-refractivity contribution in [3.05, 3.63) is 51.3 Å². The summed E-state index contributed by atoms with van der Waals surface area (Å²) in [6.07, 6.45) is 3.37. The third-order valence-corrected chi connectivity index (χ3v) is 4.50. The van der Waals surface area contributed by atoms with Crippen LogP contribution in [0.4, 0.5) is 5.13 Å². The number of anilines is 1. The van der Waals surface area contributed by atoms with Gasteiger partial charge in [-0.15, -0.1) is 11.3 Å². The molecule has 1 aromatic heterocycles. The Morgan fingerprint density at radius 3 is 2.70 bits per heavy atom. The zero-order chi connectivity index (χ0) is 14.1. The predicted molar refractivity (Wildman–Crippen MR) is 84.3 cm³/mol. The number of rotatable bonds is 2. The number of thiazole rings is 1. The molecule has 20 heavy (non-hydrogen) atoms. The number of benzene rings is 1. The summed E-state index contributed by atoms with van der Waals surface area (Å²) in [5, 5.41) is 11.0. The van der Waals surface area contributed by atoms with Crippen LogP contribution in [0.3, 0.4) is 0 Å². The van der Waals surface area contributed by atoms with Gasteiger partial charge in [0.05, 0.1) is 4.91 Å². The summed E-state index contributed by atoms with van der Waals surface area (Å²) in [5.41, 5.74) is 0.874. The van der Waals surface area contributed by atoms with Crippen molar-refractivity contribution in [1.29, 1.82) is 5.41 Å². The van der Waals surface area contributed by atoms with Crippen LogP contribution in [-0.4, -0.2) is 16.1 Å². The highest BCUT2D eigenvalue weighted by Gasteiger charge is 2.34. The Kier molecular flexibility index (Phi) is 3.60. The van der Waals surface area contributed by atoms with E-state index >= 15 is 0 Å². The topological polar surface area (TPSA) is 57.1 Å². The Labute approximate surface area is 128 Å². The van der Waals surface area contributed by atoms with Crippen LogP contribution in [-0.2, 0) is 4.79 Å². The molecule has 1 aromatic carbocycles. The van der Waals surface area contributed by atoms with Crippen LogP contribution < -0.4 is 4.90 Å². The molecule has 0 aliphatic carbocycles. The van der Waals surface area contributed by atoms with Crippen molar-refractivity contribution in [2.45, 2.75) is 0 Å². The van der Waals surface area contributed by atoms with Crippen molar-refractivity contribution in [3.63, 3.8) is 0 Å². The molecule has 1 saturated heterocycles. The second-order valence-corrected chi connectivity index (χ2v) is 6.26. The summed E-state index contributed by atoms with van der Waals surface area (Å²) in [6, 6.07) is 7.20. The van der Waals surface area contributed by atoms with E-state index in [1.807, 2.05) is 12.1 Å². The van der Waals surface area contributed by atoms with Crippen molar-refractivity contribution < 1.29 is 4.79 Å². The van der Waals surface area contributed by atoms with Gasteiger partial charge in [-0.05, 0) is 35.5 Å². The lowest BCUT2D eigenvalue weighted by molar-refractivity contribution is -0.113. The van der Waals surface area contributed by atoms with E-state index < -0.39 is 0 Å². The highest BCUT2D eigenvalue weighted by molar-refractivity contribution is 8.19. The number of halogens is 1. The third kappa shape index (κ3) is 2.49. The van der Waals surface area contributed by atoms with Gasteiger partial charge in [0.2, 0.25) is 0 Å². The summed E-state index contributed by atoms with van der Waals surface area (Å²) in [5.74, 6) is -0.218. The molecule has 0 bridgehead atoms. The first kappa shape index (κ1) is 13.4. The summed E-state index contributed by atoms with van der Waals surface area (Å²) < 4.78 is 0. The van der Waals surface area contributed by atoms with Crippen molar-refractivity contribution in [2.24, 2.45) is 0 Å². The number of carbonyl (C=O) groups excluding carboxylic acids is 1. The van der Waals surface area contributed by atoms with E-state index in [9.17, 15) is 4.79 Å². The normalized spacial score (nSPS) is 17.2. The Morgan fingerprint density at radius 2 is 2.05 bits per heavy atom. The number of nitrogens with one attached hydrogen (secondary N) is 1. The van der Waals surface area contributed by atoms with Gasteiger partial charge < -0.3 is 0 Å². The zero-order valence-corrected chi connectivity index (χ0v) is 12.4. The van der Waals surface area contributed by atoms with Crippen LogP contribution in [0.1, 0.15) is 5.56 Å². The minimum Gasteiger partial charge on any atom is -0.278 e. The lowest BCUT2D eigenvalue weighted by Crippen LogP contribution is -2.27. The molecule has 1 fully saturated rings. The lowest BCUT2D eigenvalue weighted by atomic mass is 10.2. The highest BCUT2D eigenvalue weighted by atomic mass is 35.5. The van der Waals surface area contributed by atoms with Crippen molar-refractivity contribution in [3.8, 4) is 0 Å². The molecule has 3 rings (SSSR count). The maximum atomic E-state index is 12.3. The molecule has 1 amide bonds. The van der Waals surface area contributed by atoms with Crippen LogP contribution >= 0.6 is 34.7 Å². The molecule has 1 N–H and O–H groups in total. The zero-order valence-electron chi connectivity index (χ0n) is 10.0. The van der Waals surface area contributed by atoms with Gasteiger partial charge in [0, 0.05) is 16.6 Å². The Bertz CT molecular complexity index is 695. The van der Waals surface area contributed by atoms with E-state index in [0.717, 1.165) is 17.3 Å². The maximum Gasteiger partial charge on any atom is 0.273 e. The molecule has 0 spiro atoms. The first-order valence-electron chi connectivity index (χ1n) is 5.63. The lowest BCUT2D eigenvalue weighted by Gasteiger charge is -2.08. The molecular weight excluding hydrogens is 314 g/mol. The maximum absolute atomic E-state index is 12.3. The molecule has 1 aliphatic heterocycles. The Balaban J connectivity index is 1.91.